The summed E-state index contributed by atoms with van der Waals surface area (Å²) in [6.45, 7) is 4.08. The van der Waals surface area contributed by atoms with Gasteiger partial charge >= 0.3 is 0 Å². The molecule has 0 radical (unpaired) electrons. The Labute approximate surface area is 486 Å². The van der Waals surface area contributed by atoms with E-state index in [-0.39, 0.29) is 69.9 Å². The Hall–Kier alpha value is -9.10. The molecular formula is C59H79N17O8. The molecule has 19 N–H and O–H groups in total. The Morgan fingerprint density at radius 3 is 1.73 bits per heavy atom. The van der Waals surface area contributed by atoms with Crippen LogP contribution in [0.15, 0.2) is 109 Å². The van der Waals surface area contributed by atoms with Crippen molar-refractivity contribution in [3.05, 3.63) is 126 Å². The lowest BCUT2D eigenvalue weighted by molar-refractivity contribution is -0.142. The Balaban J connectivity index is 1.18. The summed E-state index contributed by atoms with van der Waals surface area (Å²) in [6.07, 6.45) is 8.42. The van der Waals surface area contributed by atoms with Gasteiger partial charge in [-0.05, 0) is 86.2 Å². The van der Waals surface area contributed by atoms with Crippen molar-refractivity contribution in [2.45, 2.75) is 133 Å². The highest BCUT2D eigenvalue weighted by molar-refractivity contribution is 5.99. The molecule has 84 heavy (non-hydrogen) atoms. The maximum absolute atomic E-state index is 15.2. The van der Waals surface area contributed by atoms with Gasteiger partial charge in [-0.3, -0.25) is 43.3 Å². The first-order chi connectivity index (χ1) is 40.4. The second-order valence-electron chi connectivity index (χ2n) is 21.6. The third kappa shape index (κ3) is 17.2. The number of aromatic amines is 3. The number of hydrogen-bond acceptors (Lipinski definition) is 12. The van der Waals surface area contributed by atoms with E-state index in [1.165, 1.54) is 17.4 Å². The molecule has 1 aliphatic heterocycles. The zero-order valence-electron chi connectivity index (χ0n) is 47.4. The van der Waals surface area contributed by atoms with Gasteiger partial charge in [-0.15, -0.1) is 0 Å². The number of aromatic nitrogens is 4. The van der Waals surface area contributed by atoms with E-state index in [9.17, 15) is 28.8 Å². The number of benzene rings is 3. The van der Waals surface area contributed by atoms with Gasteiger partial charge in [-0.1, -0.05) is 80.6 Å². The van der Waals surface area contributed by atoms with E-state index in [4.69, 9.17) is 28.7 Å². The summed E-state index contributed by atoms with van der Waals surface area (Å²) in [5.74, 6) is -5.94. The molecule has 4 heterocycles. The minimum atomic E-state index is -1.40. The van der Waals surface area contributed by atoms with Crippen LogP contribution in [-0.4, -0.2) is 146 Å². The van der Waals surface area contributed by atoms with Crippen LogP contribution in [0.25, 0.3) is 21.8 Å². The number of H-pyrrole nitrogens is 3. The molecule has 1 fully saturated rings. The van der Waals surface area contributed by atoms with Gasteiger partial charge in [0.2, 0.25) is 47.3 Å². The fourth-order valence-electron chi connectivity index (χ4n) is 10.5. The number of nitrogens with one attached hydrogen (secondary N) is 9. The molecule has 1 aliphatic rings. The number of fused-ring (bicyclic) bond motifs is 2. The van der Waals surface area contributed by atoms with Crippen LogP contribution in [0.2, 0.25) is 0 Å². The number of hydrogen-bond donors (Lipinski definition) is 14. The number of imidazole rings is 1. The van der Waals surface area contributed by atoms with Crippen molar-refractivity contribution in [1.29, 1.82) is 0 Å². The summed E-state index contributed by atoms with van der Waals surface area (Å²) in [4.78, 5) is 133. The molecule has 0 bridgehead atoms. The van der Waals surface area contributed by atoms with Crippen molar-refractivity contribution in [2.24, 2.45) is 39.6 Å². The number of likely N-dealkylation sites (tertiary alicyclic amines) is 1. The van der Waals surface area contributed by atoms with Crippen molar-refractivity contribution in [2.75, 3.05) is 19.6 Å². The first-order valence-electron chi connectivity index (χ1n) is 28.4. The Morgan fingerprint density at radius 2 is 1.17 bits per heavy atom. The number of amides is 8. The number of nitrogens with zero attached hydrogens (tertiary/aromatic N) is 3. The van der Waals surface area contributed by atoms with Gasteiger partial charge in [0.05, 0.1) is 12.4 Å². The van der Waals surface area contributed by atoms with E-state index in [1.54, 1.807) is 56.6 Å². The van der Waals surface area contributed by atoms with Gasteiger partial charge < -0.3 is 80.4 Å². The molecule has 7 rings (SSSR count). The number of para-hydroxylation sites is 2. The lowest BCUT2D eigenvalue weighted by Crippen LogP contribution is -2.61. The molecule has 3 aromatic heterocycles. The molecule has 25 heteroatoms. The minimum absolute atomic E-state index is 0.0136. The van der Waals surface area contributed by atoms with Crippen molar-refractivity contribution in [3.8, 4) is 0 Å². The molecule has 0 spiro atoms. The average Bonchev–Trinajstić information content (AvgIpc) is 4.47. The summed E-state index contributed by atoms with van der Waals surface area (Å²) >= 11 is 0. The van der Waals surface area contributed by atoms with Crippen LogP contribution >= 0.6 is 0 Å². The number of primary amides is 1. The van der Waals surface area contributed by atoms with E-state index in [2.05, 4.69) is 56.8 Å². The standard InChI is InChI=1S/C59H79N17O8/c1-34(2)50(51(62)77)75-57(83)49-22-13-25-76(49)58(84)45(20-10-11-23-60)71-54(80)46(26-35-14-4-3-5-15-35)73-56(82)48(28-37-31-68-43-19-9-7-17-40(37)43)74-53(79)44(21-12-24-66-59(63)64)70-55(81)47(27-36-30-67-42-18-8-6-16-39(36)42)72-52(78)41(61)29-38-32-65-33-69-38/h3-9,14-19,30-34,41,44-50,67-68H,10-13,20-29,60-61H2,1-2H3,(H2,62,77)(H,65,69)(H,70,81)(H,71,80)(H,72,78)(H,73,82)(H,74,79)(H,75,83)(H4,63,64,66)/t41-,44-,45-,46+,47+,48-,49-,50-/m0/s1. The number of nitrogens with two attached hydrogens (primary N) is 5. The highest BCUT2D eigenvalue weighted by Gasteiger charge is 2.40. The highest BCUT2D eigenvalue weighted by Crippen LogP contribution is 2.24. The number of guanidine groups is 1. The summed E-state index contributed by atoms with van der Waals surface area (Å²) < 4.78 is 0. The van der Waals surface area contributed by atoms with E-state index in [0.29, 0.717) is 54.6 Å². The highest BCUT2D eigenvalue weighted by atomic mass is 16.2. The molecular weight excluding hydrogens is 1070 g/mol. The number of rotatable bonds is 31. The van der Waals surface area contributed by atoms with E-state index >= 15 is 9.59 Å². The van der Waals surface area contributed by atoms with Crippen molar-refractivity contribution < 1.29 is 38.4 Å². The van der Waals surface area contributed by atoms with Crippen molar-refractivity contribution >= 4 is 75.0 Å². The average molecular weight is 1150 g/mol. The minimum Gasteiger partial charge on any atom is -0.370 e. The monoisotopic (exact) mass is 1150 g/mol. The van der Waals surface area contributed by atoms with Crippen LogP contribution in [0.5, 0.6) is 0 Å². The smallest absolute Gasteiger partial charge is 0.245 e. The molecule has 0 saturated carbocycles. The number of carbonyl (C=O) groups is 8. The molecule has 0 aliphatic carbocycles. The number of carbonyl (C=O) groups excluding carboxylic acids is 8. The first-order valence-corrected chi connectivity index (χ1v) is 28.4. The third-order valence-electron chi connectivity index (χ3n) is 15.0. The van der Waals surface area contributed by atoms with Gasteiger partial charge in [0.25, 0.3) is 0 Å². The Morgan fingerprint density at radius 1 is 0.631 bits per heavy atom. The Kier molecular flexibility index (Phi) is 22.5. The van der Waals surface area contributed by atoms with Gasteiger partial charge in [0.1, 0.15) is 42.3 Å². The van der Waals surface area contributed by atoms with Gasteiger partial charge in [0, 0.05) is 84.9 Å². The maximum atomic E-state index is 15.2. The quantitative estimate of drug-likeness (QED) is 0.0157. The van der Waals surface area contributed by atoms with Crippen LogP contribution in [0.1, 0.15) is 81.2 Å². The fourth-order valence-corrected chi connectivity index (χ4v) is 10.5. The molecule has 3 aromatic carbocycles. The van der Waals surface area contributed by atoms with E-state index in [0.717, 1.165) is 21.8 Å². The predicted octanol–water partition coefficient (Wildman–Crippen LogP) is 0.194. The molecule has 8 atom stereocenters. The molecule has 25 nitrogen and oxygen atoms in total. The fraction of sp³-hybridized carbons (Fsp3) is 0.424. The third-order valence-corrected chi connectivity index (χ3v) is 15.0. The molecule has 0 unspecified atom stereocenters. The van der Waals surface area contributed by atoms with Gasteiger partial charge in [-0.2, -0.15) is 0 Å². The van der Waals surface area contributed by atoms with Crippen LogP contribution in [0, 0.1) is 5.92 Å². The molecule has 6 aromatic rings. The lowest BCUT2D eigenvalue weighted by Gasteiger charge is -2.31. The molecule has 448 valence electrons. The number of unbranched alkanes of at least 4 members (excludes halogenated alkanes) is 1. The van der Waals surface area contributed by atoms with E-state index in [1.807, 2.05) is 48.5 Å². The van der Waals surface area contributed by atoms with Crippen LogP contribution in [-0.2, 0) is 64.0 Å². The van der Waals surface area contributed by atoms with Gasteiger partial charge in [-0.25, -0.2) is 4.98 Å². The summed E-state index contributed by atoms with van der Waals surface area (Å²) in [5.41, 5.74) is 33.3. The van der Waals surface area contributed by atoms with Crippen LogP contribution in [0.4, 0.5) is 0 Å². The SMILES string of the molecule is CC(C)[C@H](NC(=O)[C@@H]1CCCN1C(=O)[C@H](CCCCN)NC(=O)[C@@H](Cc1ccccc1)NC(=O)[C@H](Cc1c[nH]c2ccccc12)NC(=O)[C@H](CCCN=C(N)N)NC(=O)[C@@H](Cc1c[nH]c2ccccc12)NC(=O)[C@@H](N)Cc1cnc[nH]1)C(N)=O. The summed E-state index contributed by atoms with van der Waals surface area (Å²) in [6, 6.07) is 14.2. The van der Waals surface area contributed by atoms with Crippen molar-refractivity contribution in [3.63, 3.8) is 0 Å². The second-order valence-corrected chi connectivity index (χ2v) is 21.6. The van der Waals surface area contributed by atoms with Crippen LogP contribution in [0.3, 0.4) is 0 Å². The predicted molar refractivity (Wildman–Crippen MR) is 318 cm³/mol. The van der Waals surface area contributed by atoms with E-state index < -0.39 is 95.6 Å². The lowest BCUT2D eigenvalue weighted by atomic mass is 10.00. The zero-order chi connectivity index (χ0) is 60.3. The zero-order valence-corrected chi connectivity index (χ0v) is 47.4. The van der Waals surface area contributed by atoms with Crippen molar-refractivity contribution in [1.82, 2.24) is 56.7 Å². The first kappa shape index (κ1) is 62.5. The normalized spacial score (nSPS) is 15.7. The topological polar surface area (TPSA) is 415 Å². The number of aliphatic imine (C=N–C) groups is 1. The summed E-state index contributed by atoms with van der Waals surface area (Å²) in [7, 11) is 0. The second kappa shape index (κ2) is 30.3. The Bertz CT molecular complexity index is 3230. The van der Waals surface area contributed by atoms with Gasteiger partial charge in [0.15, 0.2) is 5.96 Å². The van der Waals surface area contributed by atoms with Crippen LogP contribution < -0.4 is 60.6 Å². The molecule has 1 saturated heterocycles. The largest absolute Gasteiger partial charge is 0.370 e. The maximum Gasteiger partial charge on any atom is 0.245 e. The summed E-state index contributed by atoms with van der Waals surface area (Å²) in [5, 5.41) is 18.6. The molecule has 8 amide bonds.